The maximum Gasteiger partial charge on any atom is 0.223 e. The van der Waals surface area contributed by atoms with Crippen molar-refractivity contribution in [3.05, 3.63) is 71.4 Å². The van der Waals surface area contributed by atoms with Crippen molar-refractivity contribution in [1.29, 1.82) is 0 Å². The van der Waals surface area contributed by atoms with Gasteiger partial charge in [-0.15, -0.1) is 0 Å². The molecule has 1 saturated heterocycles. The number of hydrogen-bond donors (Lipinski definition) is 1. The van der Waals surface area contributed by atoms with Gasteiger partial charge in [0.1, 0.15) is 0 Å². The van der Waals surface area contributed by atoms with Gasteiger partial charge in [0, 0.05) is 47.8 Å². The molecule has 5 heteroatoms. The summed E-state index contributed by atoms with van der Waals surface area (Å²) >= 11 is 6.09. The zero-order valence-corrected chi connectivity index (χ0v) is 15.8. The molecule has 0 aliphatic carbocycles. The standard InChI is InChI=1S/C22H22ClN3O/c23-18-6-7-19-20(14-18)24-11-8-21(19)26-12-9-17(10-13-26)22(27)25-15-16-4-2-1-3-5-16/h1-8,11,14,17H,9-10,12-13,15H2,(H,25,27). The Morgan fingerprint density at radius 3 is 2.67 bits per heavy atom. The van der Waals surface area contributed by atoms with E-state index in [0.29, 0.717) is 11.6 Å². The van der Waals surface area contributed by atoms with Crippen LogP contribution in [0.2, 0.25) is 5.02 Å². The first-order chi connectivity index (χ1) is 13.2. The number of anilines is 1. The zero-order chi connectivity index (χ0) is 18.6. The Hall–Kier alpha value is -2.59. The zero-order valence-electron chi connectivity index (χ0n) is 15.1. The molecule has 2 aromatic carbocycles. The highest BCUT2D eigenvalue weighted by molar-refractivity contribution is 6.31. The first-order valence-corrected chi connectivity index (χ1v) is 9.69. The van der Waals surface area contributed by atoms with E-state index in [4.69, 9.17) is 11.6 Å². The number of piperidine rings is 1. The number of fused-ring (bicyclic) bond motifs is 1. The SMILES string of the molecule is O=C(NCc1ccccc1)C1CCN(c2ccnc3cc(Cl)ccc23)CC1. The van der Waals surface area contributed by atoms with E-state index in [0.717, 1.165) is 42.4 Å². The minimum absolute atomic E-state index is 0.0764. The molecule has 27 heavy (non-hydrogen) atoms. The van der Waals surface area contributed by atoms with Crippen molar-refractivity contribution in [1.82, 2.24) is 10.3 Å². The molecule has 3 aromatic rings. The summed E-state index contributed by atoms with van der Waals surface area (Å²) in [5.41, 5.74) is 3.20. The number of amides is 1. The van der Waals surface area contributed by atoms with Crippen molar-refractivity contribution in [2.75, 3.05) is 18.0 Å². The number of nitrogens with one attached hydrogen (secondary N) is 1. The van der Waals surface area contributed by atoms with Gasteiger partial charge in [-0.25, -0.2) is 0 Å². The summed E-state index contributed by atoms with van der Waals surface area (Å²) < 4.78 is 0. The van der Waals surface area contributed by atoms with Crippen LogP contribution in [0.3, 0.4) is 0 Å². The van der Waals surface area contributed by atoms with Crippen molar-refractivity contribution in [3.63, 3.8) is 0 Å². The Labute approximate surface area is 164 Å². The fraction of sp³-hybridized carbons (Fsp3) is 0.273. The second-order valence-corrected chi connectivity index (χ2v) is 7.39. The second kappa shape index (κ2) is 7.97. The summed E-state index contributed by atoms with van der Waals surface area (Å²) in [7, 11) is 0. The Morgan fingerprint density at radius 1 is 1.11 bits per heavy atom. The predicted octanol–water partition coefficient (Wildman–Crippen LogP) is 4.42. The molecule has 0 radical (unpaired) electrons. The summed E-state index contributed by atoms with van der Waals surface area (Å²) in [4.78, 5) is 19.3. The third kappa shape index (κ3) is 4.06. The lowest BCUT2D eigenvalue weighted by atomic mass is 9.95. The van der Waals surface area contributed by atoms with Crippen LogP contribution in [0.5, 0.6) is 0 Å². The third-order valence-corrected chi connectivity index (χ3v) is 5.43. The minimum Gasteiger partial charge on any atom is -0.371 e. The van der Waals surface area contributed by atoms with Crippen molar-refractivity contribution in [2.45, 2.75) is 19.4 Å². The minimum atomic E-state index is 0.0764. The molecule has 2 heterocycles. The molecular formula is C22H22ClN3O. The maximum atomic E-state index is 12.5. The quantitative estimate of drug-likeness (QED) is 0.729. The normalized spacial score (nSPS) is 15.1. The molecule has 138 valence electrons. The van der Waals surface area contributed by atoms with Crippen LogP contribution >= 0.6 is 11.6 Å². The lowest BCUT2D eigenvalue weighted by molar-refractivity contribution is -0.125. The molecule has 1 amide bonds. The highest BCUT2D eigenvalue weighted by atomic mass is 35.5. The number of halogens is 1. The molecule has 0 spiro atoms. The highest BCUT2D eigenvalue weighted by Crippen LogP contribution is 2.30. The summed E-state index contributed by atoms with van der Waals surface area (Å²) in [5, 5.41) is 4.88. The van der Waals surface area contributed by atoms with E-state index in [1.807, 2.05) is 60.8 Å². The first-order valence-electron chi connectivity index (χ1n) is 9.31. The molecule has 0 atom stereocenters. The van der Waals surface area contributed by atoms with E-state index >= 15 is 0 Å². The number of nitrogens with zero attached hydrogens (tertiary/aromatic N) is 2. The molecule has 0 saturated carbocycles. The molecule has 0 bridgehead atoms. The van der Waals surface area contributed by atoms with Crippen LogP contribution in [-0.2, 0) is 11.3 Å². The van der Waals surface area contributed by atoms with Gasteiger partial charge in [-0.3, -0.25) is 9.78 Å². The van der Waals surface area contributed by atoms with Gasteiger partial charge in [0.05, 0.1) is 5.52 Å². The van der Waals surface area contributed by atoms with E-state index in [1.165, 1.54) is 5.69 Å². The molecule has 4 rings (SSSR count). The Balaban J connectivity index is 1.38. The van der Waals surface area contributed by atoms with Crippen LogP contribution in [0.1, 0.15) is 18.4 Å². The fourth-order valence-electron chi connectivity index (χ4n) is 3.69. The Bertz CT molecular complexity index is 937. The molecule has 4 nitrogen and oxygen atoms in total. The van der Waals surface area contributed by atoms with Crippen LogP contribution < -0.4 is 10.2 Å². The first kappa shape index (κ1) is 17.8. The molecule has 0 unspecified atom stereocenters. The third-order valence-electron chi connectivity index (χ3n) is 5.20. The van der Waals surface area contributed by atoms with Crippen LogP contribution in [0.4, 0.5) is 5.69 Å². The Kier molecular flexibility index (Phi) is 5.26. The molecular weight excluding hydrogens is 358 g/mol. The summed E-state index contributed by atoms with van der Waals surface area (Å²) in [5.74, 6) is 0.234. The van der Waals surface area contributed by atoms with Gasteiger partial charge in [-0.05, 0) is 42.7 Å². The van der Waals surface area contributed by atoms with Gasteiger partial charge in [0.25, 0.3) is 0 Å². The fourth-order valence-corrected chi connectivity index (χ4v) is 3.86. The van der Waals surface area contributed by atoms with Gasteiger partial charge in [-0.2, -0.15) is 0 Å². The summed E-state index contributed by atoms with van der Waals surface area (Å²) in [6, 6.07) is 17.9. The average Bonchev–Trinajstić information content (AvgIpc) is 2.72. The van der Waals surface area contributed by atoms with E-state index in [1.54, 1.807) is 0 Å². The van der Waals surface area contributed by atoms with Crippen LogP contribution in [-0.4, -0.2) is 24.0 Å². The smallest absolute Gasteiger partial charge is 0.223 e. The number of rotatable bonds is 4. The number of carbonyl (C=O) groups excluding carboxylic acids is 1. The van der Waals surface area contributed by atoms with Crippen molar-refractivity contribution in [2.24, 2.45) is 5.92 Å². The topological polar surface area (TPSA) is 45.2 Å². The molecule has 1 N–H and O–H groups in total. The maximum absolute atomic E-state index is 12.5. The lowest BCUT2D eigenvalue weighted by Crippen LogP contribution is -2.40. The van der Waals surface area contributed by atoms with Gasteiger partial charge < -0.3 is 10.2 Å². The van der Waals surface area contributed by atoms with Crippen LogP contribution in [0, 0.1) is 5.92 Å². The summed E-state index contributed by atoms with van der Waals surface area (Å²) in [6.45, 7) is 2.33. The van der Waals surface area contributed by atoms with E-state index < -0.39 is 0 Å². The van der Waals surface area contributed by atoms with Crippen molar-refractivity contribution >= 4 is 34.1 Å². The van der Waals surface area contributed by atoms with Gasteiger partial charge in [-0.1, -0.05) is 41.9 Å². The van der Waals surface area contributed by atoms with E-state index in [2.05, 4.69) is 15.2 Å². The predicted molar refractivity (Wildman–Crippen MR) is 110 cm³/mol. The van der Waals surface area contributed by atoms with Crippen LogP contribution in [0.15, 0.2) is 60.8 Å². The monoisotopic (exact) mass is 379 g/mol. The van der Waals surface area contributed by atoms with Gasteiger partial charge >= 0.3 is 0 Å². The number of pyridine rings is 1. The molecule has 1 fully saturated rings. The van der Waals surface area contributed by atoms with Crippen molar-refractivity contribution < 1.29 is 4.79 Å². The lowest BCUT2D eigenvalue weighted by Gasteiger charge is -2.33. The summed E-state index contributed by atoms with van der Waals surface area (Å²) in [6.07, 6.45) is 3.54. The van der Waals surface area contributed by atoms with E-state index in [-0.39, 0.29) is 11.8 Å². The molecule has 1 aliphatic heterocycles. The number of carbonyl (C=O) groups is 1. The highest BCUT2D eigenvalue weighted by Gasteiger charge is 2.25. The van der Waals surface area contributed by atoms with E-state index in [9.17, 15) is 4.79 Å². The van der Waals surface area contributed by atoms with Crippen molar-refractivity contribution in [3.8, 4) is 0 Å². The number of hydrogen-bond acceptors (Lipinski definition) is 3. The largest absolute Gasteiger partial charge is 0.371 e. The molecule has 1 aromatic heterocycles. The van der Waals surface area contributed by atoms with Gasteiger partial charge in [0.2, 0.25) is 5.91 Å². The average molecular weight is 380 g/mol. The van der Waals surface area contributed by atoms with Crippen LogP contribution in [0.25, 0.3) is 10.9 Å². The Morgan fingerprint density at radius 2 is 1.89 bits per heavy atom. The second-order valence-electron chi connectivity index (χ2n) is 6.96. The van der Waals surface area contributed by atoms with Gasteiger partial charge in [0.15, 0.2) is 0 Å². The number of aromatic nitrogens is 1. The number of benzene rings is 2. The molecule has 1 aliphatic rings.